The van der Waals surface area contributed by atoms with Crippen LogP contribution in [0.3, 0.4) is 0 Å². The van der Waals surface area contributed by atoms with Crippen LogP contribution in [-0.4, -0.2) is 23.5 Å². The van der Waals surface area contributed by atoms with Gasteiger partial charge in [-0.15, -0.1) is 0 Å². The van der Waals surface area contributed by atoms with Gasteiger partial charge in [0.05, 0.1) is 0 Å². The number of aromatic nitrogens is 1. The molecule has 1 aromatic heterocycles. The van der Waals surface area contributed by atoms with E-state index in [-0.39, 0.29) is 5.91 Å². The summed E-state index contributed by atoms with van der Waals surface area (Å²) in [6.45, 7) is 2.27. The van der Waals surface area contributed by atoms with E-state index in [1.807, 2.05) is 12.1 Å². The number of rotatable bonds is 6. The lowest BCUT2D eigenvalue weighted by Gasteiger charge is -2.14. The molecule has 5 heteroatoms. The number of amides is 1. The maximum Gasteiger partial charge on any atom is 0.260 e. The lowest BCUT2D eigenvalue weighted by molar-refractivity contribution is -0.127. The number of benzene rings is 1. The number of carbonyl (C=O) groups is 1. The lowest BCUT2D eigenvalue weighted by Crippen LogP contribution is -2.37. The number of hydrogen-bond acceptors (Lipinski definition) is 3. The van der Waals surface area contributed by atoms with Crippen LogP contribution in [0.5, 0.6) is 5.75 Å². The molecule has 0 saturated heterocycles. The van der Waals surface area contributed by atoms with Crippen LogP contribution < -0.4 is 10.1 Å². The van der Waals surface area contributed by atoms with Crippen molar-refractivity contribution in [3.05, 3.63) is 59.4 Å². The van der Waals surface area contributed by atoms with E-state index in [1.165, 1.54) is 0 Å². The lowest BCUT2D eigenvalue weighted by atomic mass is 10.2. The number of hydrogen-bond donors (Lipinski definition) is 1. The van der Waals surface area contributed by atoms with Crippen LogP contribution in [0.4, 0.5) is 0 Å². The normalized spacial score (nSPS) is 11.7. The van der Waals surface area contributed by atoms with Crippen LogP contribution in [0.25, 0.3) is 0 Å². The first-order valence-corrected chi connectivity index (χ1v) is 7.12. The maximum atomic E-state index is 11.9. The second-order valence-corrected chi connectivity index (χ2v) is 5.05. The second-order valence-electron chi connectivity index (χ2n) is 4.61. The molecule has 2 rings (SSSR count). The predicted molar refractivity (Wildman–Crippen MR) is 82.5 cm³/mol. The molecule has 1 atom stereocenters. The molecule has 2 aromatic rings. The molecule has 0 aliphatic heterocycles. The first kappa shape index (κ1) is 15.3. The Kier molecular flexibility index (Phi) is 5.58. The minimum Gasteiger partial charge on any atom is -0.481 e. The van der Waals surface area contributed by atoms with Crippen molar-refractivity contribution < 1.29 is 9.53 Å². The Balaban J connectivity index is 1.77. The molecule has 4 nitrogen and oxygen atoms in total. The quantitative estimate of drug-likeness (QED) is 0.893. The molecule has 0 unspecified atom stereocenters. The first-order valence-electron chi connectivity index (χ1n) is 6.74. The summed E-state index contributed by atoms with van der Waals surface area (Å²) < 4.78 is 5.55. The van der Waals surface area contributed by atoms with Gasteiger partial charge in [-0.2, -0.15) is 0 Å². The van der Waals surface area contributed by atoms with Gasteiger partial charge in [-0.05, 0) is 49.2 Å². The Morgan fingerprint density at radius 2 is 2.10 bits per heavy atom. The Morgan fingerprint density at radius 1 is 1.33 bits per heavy atom. The Bertz CT molecular complexity index is 590. The van der Waals surface area contributed by atoms with Crippen LogP contribution in [0.1, 0.15) is 12.5 Å². The standard InChI is InChI=1S/C16H17ClN2O2/c1-12(21-15-4-2-3-14(17)11-15)16(20)19-10-7-13-5-8-18-9-6-13/h2-6,8-9,11-12H,7,10H2,1H3,(H,19,20)/t12-/m1/s1. The van der Waals surface area contributed by atoms with E-state index >= 15 is 0 Å². The van der Waals surface area contributed by atoms with E-state index in [4.69, 9.17) is 16.3 Å². The van der Waals surface area contributed by atoms with Gasteiger partial charge < -0.3 is 10.1 Å². The van der Waals surface area contributed by atoms with Gasteiger partial charge in [-0.25, -0.2) is 0 Å². The molecule has 1 N–H and O–H groups in total. The topological polar surface area (TPSA) is 51.2 Å². The fraction of sp³-hybridized carbons (Fsp3) is 0.250. The summed E-state index contributed by atoms with van der Waals surface area (Å²) >= 11 is 5.87. The minimum absolute atomic E-state index is 0.149. The highest BCUT2D eigenvalue weighted by atomic mass is 35.5. The second kappa shape index (κ2) is 7.64. The zero-order valence-corrected chi connectivity index (χ0v) is 12.5. The van der Waals surface area contributed by atoms with Crippen molar-refractivity contribution in [1.82, 2.24) is 10.3 Å². The summed E-state index contributed by atoms with van der Waals surface area (Å²) in [6.07, 6.45) is 3.67. The van der Waals surface area contributed by atoms with Crippen molar-refractivity contribution in [3.63, 3.8) is 0 Å². The van der Waals surface area contributed by atoms with E-state index in [1.54, 1.807) is 43.6 Å². The van der Waals surface area contributed by atoms with E-state index in [0.717, 1.165) is 12.0 Å². The molecular weight excluding hydrogens is 288 g/mol. The van der Waals surface area contributed by atoms with Gasteiger partial charge in [0.2, 0.25) is 0 Å². The highest BCUT2D eigenvalue weighted by Gasteiger charge is 2.14. The van der Waals surface area contributed by atoms with E-state index in [2.05, 4.69) is 10.3 Å². The van der Waals surface area contributed by atoms with Crippen molar-refractivity contribution in [3.8, 4) is 5.75 Å². The van der Waals surface area contributed by atoms with Gasteiger partial charge in [0.1, 0.15) is 5.75 Å². The summed E-state index contributed by atoms with van der Waals surface area (Å²) in [5.41, 5.74) is 1.13. The minimum atomic E-state index is -0.569. The molecule has 0 saturated carbocycles. The summed E-state index contributed by atoms with van der Waals surface area (Å²) in [5, 5.41) is 3.43. The Hall–Kier alpha value is -2.07. The van der Waals surface area contributed by atoms with E-state index < -0.39 is 6.10 Å². The molecule has 1 amide bonds. The van der Waals surface area contributed by atoms with Crippen molar-refractivity contribution >= 4 is 17.5 Å². The maximum absolute atomic E-state index is 11.9. The van der Waals surface area contributed by atoms with Gasteiger partial charge >= 0.3 is 0 Å². The number of halogens is 1. The summed E-state index contributed by atoms with van der Waals surface area (Å²) in [6, 6.07) is 10.9. The van der Waals surface area contributed by atoms with Gasteiger partial charge in [0, 0.05) is 24.0 Å². The van der Waals surface area contributed by atoms with Crippen molar-refractivity contribution in [2.75, 3.05) is 6.54 Å². The van der Waals surface area contributed by atoms with Crippen LogP contribution >= 0.6 is 11.6 Å². The third-order valence-corrected chi connectivity index (χ3v) is 3.18. The van der Waals surface area contributed by atoms with Crippen LogP contribution in [0.15, 0.2) is 48.8 Å². The van der Waals surface area contributed by atoms with Crippen LogP contribution in [0, 0.1) is 0 Å². The fourth-order valence-electron chi connectivity index (χ4n) is 1.82. The Morgan fingerprint density at radius 3 is 2.81 bits per heavy atom. The number of pyridine rings is 1. The predicted octanol–water partition coefficient (Wildman–Crippen LogP) is 2.86. The zero-order chi connectivity index (χ0) is 15.1. The van der Waals surface area contributed by atoms with Gasteiger partial charge in [0.25, 0.3) is 5.91 Å². The van der Waals surface area contributed by atoms with Gasteiger partial charge in [-0.1, -0.05) is 17.7 Å². The fourth-order valence-corrected chi connectivity index (χ4v) is 2.00. The molecular formula is C16H17ClN2O2. The molecule has 1 heterocycles. The van der Waals surface area contributed by atoms with E-state index in [0.29, 0.717) is 17.3 Å². The SMILES string of the molecule is C[C@@H](Oc1cccc(Cl)c1)C(=O)NCCc1ccncc1. The average Bonchev–Trinajstić information content (AvgIpc) is 2.48. The summed E-state index contributed by atoms with van der Waals surface area (Å²) in [7, 11) is 0. The zero-order valence-electron chi connectivity index (χ0n) is 11.8. The summed E-state index contributed by atoms with van der Waals surface area (Å²) in [5.74, 6) is 0.434. The van der Waals surface area contributed by atoms with Gasteiger partial charge in [0.15, 0.2) is 6.10 Å². The summed E-state index contributed by atoms with van der Waals surface area (Å²) in [4.78, 5) is 15.9. The molecule has 110 valence electrons. The number of nitrogens with one attached hydrogen (secondary N) is 1. The Labute approximate surface area is 129 Å². The molecule has 21 heavy (non-hydrogen) atoms. The number of ether oxygens (including phenoxy) is 1. The largest absolute Gasteiger partial charge is 0.481 e. The average molecular weight is 305 g/mol. The molecule has 0 fully saturated rings. The molecule has 0 aliphatic carbocycles. The van der Waals surface area contributed by atoms with Crippen LogP contribution in [-0.2, 0) is 11.2 Å². The van der Waals surface area contributed by atoms with Crippen LogP contribution in [0.2, 0.25) is 5.02 Å². The highest BCUT2D eigenvalue weighted by Crippen LogP contribution is 2.18. The van der Waals surface area contributed by atoms with Gasteiger partial charge in [-0.3, -0.25) is 9.78 Å². The van der Waals surface area contributed by atoms with Crippen molar-refractivity contribution in [2.45, 2.75) is 19.4 Å². The molecule has 1 aromatic carbocycles. The number of carbonyl (C=O) groups excluding carboxylic acids is 1. The van der Waals surface area contributed by atoms with E-state index in [9.17, 15) is 4.79 Å². The van der Waals surface area contributed by atoms with Crippen molar-refractivity contribution in [1.29, 1.82) is 0 Å². The molecule has 0 spiro atoms. The smallest absolute Gasteiger partial charge is 0.260 e. The third-order valence-electron chi connectivity index (χ3n) is 2.94. The highest BCUT2D eigenvalue weighted by molar-refractivity contribution is 6.30. The molecule has 0 aliphatic rings. The molecule has 0 radical (unpaired) electrons. The first-order chi connectivity index (χ1) is 10.1. The number of nitrogens with zero attached hydrogens (tertiary/aromatic N) is 1. The third kappa shape index (κ3) is 5.08. The molecule has 0 bridgehead atoms. The monoisotopic (exact) mass is 304 g/mol. The van der Waals surface area contributed by atoms with Crippen molar-refractivity contribution in [2.24, 2.45) is 0 Å².